The molecular weight excluding hydrogens is 239 g/mol. The molecule has 0 heterocycles. The van der Waals surface area contributed by atoms with Gasteiger partial charge in [-0.25, -0.2) is 0 Å². The Morgan fingerprint density at radius 1 is 1.41 bits per heavy atom. The molecular formula is C10H10F3NO3. The lowest BCUT2D eigenvalue weighted by atomic mass is 10.2. The number of rotatable bonds is 4. The van der Waals surface area contributed by atoms with E-state index in [1.807, 2.05) is 0 Å². The van der Waals surface area contributed by atoms with E-state index < -0.39 is 24.1 Å². The Kier molecular flexibility index (Phi) is 3.93. The van der Waals surface area contributed by atoms with E-state index in [1.54, 1.807) is 0 Å². The molecule has 0 fully saturated rings. The van der Waals surface area contributed by atoms with Crippen molar-refractivity contribution >= 4 is 5.69 Å². The van der Waals surface area contributed by atoms with Crippen molar-refractivity contribution in [1.29, 1.82) is 0 Å². The van der Waals surface area contributed by atoms with Gasteiger partial charge in [-0.1, -0.05) is 0 Å². The van der Waals surface area contributed by atoms with E-state index in [4.69, 9.17) is 4.74 Å². The highest BCUT2D eigenvalue weighted by molar-refractivity contribution is 5.44. The predicted molar refractivity (Wildman–Crippen MR) is 54.0 cm³/mol. The van der Waals surface area contributed by atoms with E-state index in [2.05, 4.69) is 0 Å². The summed E-state index contributed by atoms with van der Waals surface area (Å²) in [7, 11) is 0. The van der Waals surface area contributed by atoms with Gasteiger partial charge in [-0.15, -0.1) is 0 Å². The summed E-state index contributed by atoms with van der Waals surface area (Å²) < 4.78 is 40.4. The van der Waals surface area contributed by atoms with Crippen LogP contribution in [0, 0.1) is 17.0 Å². The summed E-state index contributed by atoms with van der Waals surface area (Å²) in [6.07, 6.45) is -5.32. The topological polar surface area (TPSA) is 52.4 Å². The molecule has 0 amide bonds. The summed E-state index contributed by atoms with van der Waals surface area (Å²) in [6, 6.07) is 3.83. The van der Waals surface area contributed by atoms with Gasteiger partial charge in [0, 0.05) is 11.6 Å². The van der Waals surface area contributed by atoms with E-state index in [9.17, 15) is 23.3 Å². The van der Waals surface area contributed by atoms with E-state index >= 15 is 0 Å². The zero-order valence-electron chi connectivity index (χ0n) is 8.95. The number of alkyl halides is 3. The maximum absolute atomic E-state index is 11.8. The van der Waals surface area contributed by atoms with Gasteiger partial charge in [-0.3, -0.25) is 10.1 Å². The molecule has 0 radical (unpaired) electrons. The van der Waals surface area contributed by atoms with Crippen LogP contribution in [0.1, 0.15) is 12.0 Å². The summed E-state index contributed by atoms with van der Waals surface area (Å²) in [5.74, 6) is 0.192. The zero-order chi connectivity index (χ0) is 13.1. The van der Waals surface area contributed by atoms with Crippen molar-refractivity contribution in [3.05, 3.63) is 33.9 Å². The molecule has 0 saturated carbocycles. The normalized spacial score (nSPS) is 11.3. The van der Waals surface area contributed by atoms with Crippen LogP contribution in [-0.4, -0.2) is 17.7 Å². The van der Waals surface area contributed by atoms with Crippen molar-refractivity contribution in [2.45, 2.75) is 19.5 Å². The molecule has 0 bridgehead atoms. The van der Waals surface area contributed by atoms with Gasteiger partial charge in [0.05, 0.1) is 18.0 Å². The highest BCUT2D eigenvalue weighted by Crippen LogP contribution is 2.24. The van der Waals surface area contributed by atoms with Gasteiger partial charge in [-0.2, -0.15) is 13.2 Å². The fraction of sp³-hybridized carbons (Fsp3) is 0.400. The number of hydrogen-bond donors (Lipinski definition) is 0. The van der Waals surface area contributed by atoms with Gasteiger partial charge < -0.3 is 4.74 Å². The number of nitro groups is 1. The van der Waals surface area contributed by atoms with Crippen LogP contribution in [-0.2, 0) is 0 Å². The Labute approximate surface area is 95.2 Å². The van der Waals surface area contributed by atoms with Crippen LogP contribution >= 0.6 is 0 Å². The van der Waals surface area contributed by atoms with Crippen molar-refractivity contribution in [3.8, 4) is 5.75 Å². The smallest absolute Gasteiger partial charge is 0.392 e. The molecule has 0 aliphatic carbocycles. The fourth-order valence-corrected chi connectivity index (χ4v) is 1.21. The Hall–Kier alpha value is -1.79. The lowest BCUT2D eigenvalue weighted by molar-refractivity contribution is -0.385. The molecule has 0 atom stereocenters. The van der Waals surface area contributed by atoms with Gasteiger partial charge in [0.2, 0.25) is 0 Å². The van der Waals surface area contributed by atoms with E-state index in [1.165, 1.54) is 25.1 Å². The summed E-state index contributed by atoms with van der Waals surface area (Å²) in [5.41, 5.74) is 0.257. The number of aryl methyl sites for hydroxylation is 1. The fourth-order valence-electron chi connectivity index (χ4n) is 1.21. The second-order valence-electron chi connectivity index (χ2n) is 3.42. The van der Waals surface area contributed by atoms with Crippen LogP contribution in [0.15, 0.2) is 18.2 Å². The SMILES string of the molecule is Cc1cc(OCCC(F)(F)F)ccc1[N+](=O)[O-]. The molecule has 1 rings (SSSR count). The third kappa shape index (κ3) is 4.29. The first-order valence-corrected chi connectivity index (χ1v) is 4.74. The molecule has 4 nitrogen and oxygen atoms in total. The Bertz CT molecular complexity index is 418. The van der Waals surface area contributed by atoms with E-state index in [0.29, 0.717) is 5.56 Å². The molecule has 17 heavy (non-hydrogen) atoms. The lowest BCUT2D eigenvalue weighted by Gasteiger charge is -2.09. The molecule has 0 aliphatic rings. The van der Waals surface area contributed by atoms with Crippen molar-refractivity contribution < 1.29 is 22.8 Å². The number of halogens is 3. The van der Waals surface area contributed by atoms with Gasteiger partial charge >= 0.3 is 6.18 Å². The third-order valence-corrected chi connectivity index (χ3v) is 2.02. The van der Waals surface area contributed by atoms with Gasteiger partial charge in [0.25, 0.3) is 5.69 Å². The molecule has 1 aromatic rings. The Morgan fingerprint density at radius 3 is 2.53 bits per heavy atom. The molecule has 0 unspecified atom stereocenters. The molecule has 0 aliphatic heterocycles. The highest BCUT2D eigenvalue weighted by Gasteiger charge is 2.26. The van der Waals surface area contributed by atoms with Crippen molar-refractivity contribution in [2.24, 2.45) is 0 Å². The van der Waals surface area contributed by atoms with Crippen LogP contribution in [0.2, 0.25) is 0 Å². The van der Waals surface area contributed by atoms with Gasteiger partial charge in [-0.05, 0) is 19.1 Å². The predicted octanol–water partition coefficient (Wildman–Crippen LogP) is 3.23. The lowest BCUT2D eigenvalue weighted by Crippen LogP contribution is -2.13. The van der Waals surface area contributed by atoms with Crippen LogP contribution < -0.4 is 4.74 Å². The Morgan fingerprint density at radius 2 is 2.06 bits per heavy atom. The van der Waals surface area contributed by atoms with Crippen LogP contribution in [0.25, 0.3) is 0 Å². The zero-order valence-corrected chi connectivity index (χ0v) is 8.95. The minimum absolute atomic E-state index is 0.0897. The average Bonchev–Trinajstić information content (AvgIpc) is 2.15. The number of hydrogen-bond acceptors (Lipinski definition) is 3. The number of ether oxygens (including phenoxy) is 1. The standard InChI is InChI=1S/C10H10F3NO3/c1-7-6-8(2-3-9(7)14(15)16)17-5-4-10(11,12)13/h2-3,6H,4-5H2,1H3. The molecule has 7 heteroatoms. The van der Waals surface area contributed by atoms with Crippen molar-refractivity contribution in [3.63, 3.8) is 0 Å². The average molecular weight is 249 g/mol. The van der Waals surface area contributed by atoms with Crippen molar-refractivity contribution in [1.82, 2.24) is 0 Å². The second-order valence-corrected chi connectivity index (χ2v) is 3.42. The van der Waals surface area contributed by atoms with Gasteiger partial charge in [0.15, 0.2) is 0 Å². The number of nitrogens with zero attached hydrogens (tertiary/aromatic N) is 1. The largest absolute Gasteiger partial charge is 0.493 e. The molecule has 94 valence electrons. The second kappa shape index (κ2) is 5.03. The van der Waals surface area contributed by atoms with E-state index in [0.717, 1.165) is 0 Å². The number of benzene rings is 1. The third-order valence-electron chi connectivity index (χ3n) is 2.02. The summed E-state index contributed by atoms with van der Waals surface area (Å²) in [4.78, 5) is 9.93. The maximum Gasteiger partial charge on any atom is 0.392 e. The molecule has 0 saturated heterocycles. The quantitative estimate of drug-likeness (QED) is 0.608. The number of nitro benzene ring substituents is 1. The first kappa shape index (κ1) is 13.3. The summed E-state index contributed by atoms with van der Waals surface area (Å²) >= 11 is 0. The molecule has 0 aromatic heterocycles. The van der Waals surface area contributed by atoms with Gasteiger partial charge in [0.1, 0.15) is 5.75 Å². The minimum Gasteiger partial charge on any atom is -0.493 e. The molecule has 0 N–H and O–H groups in total. The molecule has 0 spiro atoms. The minimum atomic E-state index is -4.27. The maximum atomic E-state index is 11.8. The van der Waals surface area contributed by atoms with Crippen LogP contribution in [0.3, 0.4) is 0 Å². The van der Waals surface area contributed by atoms with Crippen LogP contribution in [0.4, 0.5) is 18.9 Å². The van der Waals surface area contributed by atoms with Crippen LogP contribution in [0.5, 0.6) is 5.75 Å². The first-order chi connectivity index (χ1) is 7.79. The van der Waals surface area contributed by atoms with E-state index in [-0.39, 0.29) is 11.4 Å². The monoisotopic (exact) mass is 249 g/mol. The summed E-state index contributed by atoms with van der Waals surface area (Å²) in [6.45, 7) is 0.996. The first-order valence-electron chi connectivity index (χ1n) is 4.74. The highest BCUT2D eigenvalue weighted by atomic mass is 19.4. The Balaban J connectivity index is 2.62. The van der Waals surface area contributed by atoms with Crippen molar-refractivity contribution in [2.75, 3.05) is 6.61 Å². The summed E-state index contributed by atoms with van der Waals surface area (Å²) in [5, 5.41) is 10.5. The molecule has 1 aromatic carbocycles.